The second-order valence-corrected chi connectivity index (χ2v) is 10.00. The third-order valence-electron chi connectivity index (χ3n) is 4.69. The summed E-state index contributed by atoms with van der Waals surface area (Å²) in [5.41, 5.74) is 0.971. The monoisotopic (exact) mass is 501 g/mol. The first kappa shape index (κ1) is 25.4. The van der Waals surface area contributed by atoms with Gasteiger partial charge in [-0.15, -0.1) is 13.2 Å². The molecule has 0 unspecified atom stereocenters. The van der Waals surface area contributed by atoms with Crippen LogP contribution < -0.4 is 14.8 Å². The van der Waals surface area contributed by atoms with E-state index in [4.69, 9.17) is 9.47 Å². The molecule has 10 heteroatoms. The third-order valence-corrected chi connectivity index (χ3v) is 7.45. The van der Waals surface area contributed by atoms with Crippen molar-refractivity contribution >= 4 is 42.6 Å². The summed E-state index contributed by atoms with van der Waals surface area (Å²) >= 11 is 1.19. The highest BCUT2D eigenvalue weighted by Gasteiger charge is 2.23. The molecule has 0 bridgehead atoms. The molecule has 0 saturated heterocycles. The smallest absolute Gasteiger partial charge is 0.257 e. The van der Waals surface area contributed by atoms with Crippen LogP contribution in [0.4, 0.5) is 5.13 Å². The summed E-state index contributed by atoms with van der Waals surface area (Å²) < 4.78 is 39.1. The number of fused-ring (bicyclic) bond motifs is 1. The van der Waals surface area contributed by atoms with Gasteiger partial charge in [0.1, 0.15) is 0 Å². The number of benzene rings is 2. The first-order valence-electron chi connectivity index (χ1n) is 10.7. The van der Waals surface area contributed by atoms with Gasteiger partial charge in [0.25, 0.3) is 5.91 Å². The predicted octanol–water partition coefficient (Wildman–Crippen LogP) is 4.71. The van der Waals surface area contributed by atoms with Gasteiger partial charge in [-0.25, -0.2) is 13.4 Å². The highest BCUT2D eigenvalue weighted by atomic mass is 32.2. The lowest BCUT2D eigenvalue weighted by molar-refractivity contribution is 0.102. The van der Waals surface area contributed by atoms with Crippen LogP contribution in [-0.2, 0) is 10.0 Å². The number of amides is 1. The zero-order chi connectivity index (χ0) is 24.7. The minimum absolute atomic E-state index is 0.137. The molecule has 0 aliphatic heterocycles. The number of carbonyl (C=O) groups is 1. The van der Waals surface area contributed by atoms with E-state index in [0.29, 0.717) is 45.6 Å². The summed E-state index contributed by atoms with van der Waals surface area (Å²) in [6.07, 6.45) is 3.05. The second kappa shape index (κ2) is 11.3. The Bertz CT molecular complexity index is 1290. The van der Waals surface area contributed by atoms with E-state index in [1.54, 1.807) is 30.3 Å². The van der Waals surface area contributed by atoms with Crippen LogP contribution in [0.25, 0.3) is 10.2 Å². The van der Waals surface area contributed by atoms with Gasteiger partial charge in [-0.2, -0.15) is 4.31 Å². The van der Waals surface area contributed by atoms with Crippen LogP contribution >= 0.6 is 11.3 Å². The van der Waals surface area contributed by atoms with Crippen LogP contribution in [-0.4, -0.2) is 49.9 Å². The van der Waals surface area contributed by atoms with Crippen LogP contribution in [0.2, 0.25) is 0 Å². The van der Waals surface area contributed by atoms with Crippen molar-refractivity contribution in [2.45, 2.75) is 18.7 Å². The van der Waals surface area contributed by atoms with Gasteiger partial charge >= 0.3 is 0 Å². The van der Waals surface area contributed by atoms with E-state index in [1.807, 2.05) is 13.8 Å². The first-order chi connectivity index (χ1) is 16.3. The first-order valence-corrected chi connectivity index (χ1v) is 12.9. The molecule has 180 valence electrons. The maximum absolute atomic E-state index is 13.0. The maximum atomic E-state index is 13.0. The highest BCUT2D eigenvalue weighted by Crippen LogP contribution is 2.31. The summed E-state index contributed by atoms with van der Waals surface area (Å²) in [5, 5.41) is 3.13. The minimum atomic E-state index is -3.74. The van der Waals surface area contributed by atoms with E-state index in [0.717, 1.165) is 0 Å². The van der Waals surface area contributed by atoms with Gasteiger partial charge in [-0.3, -0.25) is 10.1 Å². The number of ether oxygens (including phenoxy) is 2. The number of thiazole rings is 1. The Balaban J connectivity index is 1.85. The molecule has 0 atom stereocenters. The number of anilines is 1. The lowest BCUT2D eigenvalue weighted by Crippen LogP contribution is -2.31. The van der Waals surface area contributed by atoms with Crippen molar-refractivity contribution in [3.63, 3.8) is 0 Å². The van der Waals surface area contributed by atoms with Crippen LogP contribution in [0.1, 0.15) is 24.2 Å². The molecule has 0 spiro atoms. The van der Waals surface area contributed by atoms with Crippen LogP contribution in [0, 0.1) is 0 Å². The fourth-order valence-electron chi connectivity index (χ4n) is 3.19. The summed E-state index contributed by atoms with van der Waals surface area (Å²) in [4.78, 5) is 17.4. The van der Waals surface area contributed by atoms with E-state index < -0.39 is 10.0 Å². The zero-order valence-corrected chi connectivity index (χ0v) is 20.7. The maximum Gasteiger partial charge on any atom is 0.257 e. The van der Waals surface area contributed by atoms with Gasteiger partial charge < -0.3 is 9.47 Å². The number of aromatic nitrogens is 1. The predicted molar refractivity (Wildman–Crippen MR) is 136 cm³/mol. The summed E-state index contributed by atoms with van der Waals surface area (Å²) in [7, 11) is -3.74. The number of nitrogens with zero attached hydrogens (tertiary/aromatic N) is 2. The topological polar surface area (TPSA) is 97.8 Å². The molecule has 1 heterocycles. The zero-order valence-electron chi connectivity index (χ0n) is 19.1. The number of hydrogen-bond acceptors (Lipinski definition) is 7. The molecule has 2 aromatic carbocycles. The standard InChI is InChI=1S/C24H27N3O5S2/c1-5-13-27(14-6-2)34(29,30)18-10-11-19-22(16-18)33-24(25-19)26-23(28)17-9-12-20(31-7-3)21(15-17)32-8-4/h5-6,9-12,15-16H,1-2,7-8,13-14H2,3-4H3,(H,25,26,28). The quantitative estimate of drug-likeness (QED) is 0.361. The van der Waals surface area contributed by atoms with E-state index >= 15 is 0 Å². The molecule has 0 aliphatic rings. The fraction of sp³-hybridized carbons (Fsp3) is 0.250. The molecule has 1 amide bonds. The largest absolute Gasteiger partial charge is 0.490 e. The van der Waals surface area contributed by atoms with Crippen LogP contribution in [0.15, 0.2) is 66.6 Å². The molecule has 0 aliphatic carbocycles. The fourth-order valence-corrected chi connectivity index (χ4v) is 5.57. The molecule has 0 fully saturated rings. The molecule has 3 rings (SSSR count). The molecule has 34 heavy (non-hydrogen) atoms. The average Bonchev–Trinajstić information content (AvgIpc) is 3.21. The van der Waals surface area contributed by atoms with Crippen molar-refractivity contribution in [3.8, 4) is 11.5 Å². The van der Waals surface area contributed by atoms with Gasteiger partial charge in [0.2, 0.25) is 10.0 Å². The van der Waals surface area contributed by atoms with Crippen molar-refractivity contribution in [3.05, 3.63) is 67.3 Å². The number of nitrogens with one attached hydrogen (secondary N) is 1. The highest BCUT2D eigenvalue weighted by molar-refractivity contribution is 7.89. The van der Waals surface area contributed by atoms with E-state index in [9.17, 15) is 13.2 Å². The average molecular weight is 502 g/mol. The molecular formula is C24H27N3O5S2. The molecule has 3 aromatic rings. The number of sulfonamides is 1. The molecule has 1 N–H and O–H groups in total. The van der Waals surface area contributed by atoms with Gasteiger partial charge in [-0.1, -0.05) is 23.5 Å². The van der Waals surface area contributed by atoms with E-state index in [2.05, 4.69) is 23.5 Å². The normalized spacial score (nSPS) is 11.4. The van der Waals surface area contributed by atoms with Crippen LogP contribution in [0.5, 0.6) is 11.5 Å². The molecule has 0 radical (unpaired) electrons. The van der Waals surface area contributed by atoms with Gasteiger partial charge in [0.05, 0.1) is 28.3 Å². The Morgan fingerprint density at radius 3 is 2.38 bits per heavy atom. The van der Waals surface area contributed by atoms with Crippen LogP contribution in [0.3, 0.4) is 0 Å². The molecular weight excluding hydrogens is 474 g/mol. The van der Waals surface area contributed by atoms with Gasteiger partial charge in [0, 0.05) is 18.7 Å². The van der Waals surface area contributed by atoms with Crippen molar-refractivity contribution in [2.75, 3.05) is 31.6 Å². The lowest BCUT2D eigenvalue weighted by atomic mass is 10.2. The van der Waals surface area contributed by atoms with Gasteiger partial charge in [0.15, 0.2) is 16.6 Å². The third kappa shape index (κ3) is 5.64. The van der Waals surface area contributed by atoms with Crippen molar-refractivity contribution in [1.82, 2.24) is 9.29 Å². The Kier molecular flexibility index (Phi) is 8.43. The van der Waals surface area contributed by atoms with E-state index in [-0.39, 0.29) is 23.9 Å². The van der Waals surface area contributed by atoms with E-state index in [1.165, 1.54) is 33.9 Å². The second-order valence-electron chi connectivity index (χ2n) is 7.03. The van der Waals surface area contributed by atoms with Gasteiger partial charge in [-0.05, 0) is 50.2 Å². The van der Waals surface area contributed by atoms with Crippen molar-refractivity contribution in [1.29, 1.82) is 0 Å². The minimum Gasteiger partial charge on any atom is -0.490 e. The number of rotatable bonds is 12. The summed E-state index contributed by atoms with van der Waals surface area (Å²) in [5.74, 6) is 0.690. The Hall–Kier alpha value is -3.21. The summed E-state index contributed by atoms with van der Waals surface area (Å²) in [6.45, 7) is 12.2. The molecule has 8 nitrogen and oxygen atoms in total. The lowest BCUT2D eigenvalue weighted by Gasteiger charge is -2.18. The number of hydrogen-bond donors (Lipinski definition) is 1. The summed E-state index contributed by atoms with van der Waals surface area (Å²) in [6, 6.07) is 9.64. The Labute approximate surface area is 203 Å². The molecule has 1 aromatic heterocycles. The van der Waals surface area contributed by atoms with Crippen molar-refractivity contribution in [2.24, 2.45) is 0 Å². The number of carbonyl (C=O) groups excluding carboxylic acids is 1. The Morgan fingerprint density at radius 1 is 1.06 bits per heavy atom. The Morgan fingerprint density at radius 2 is 1.74 bits per heavy atom. The van der Waals surface area contributed by atoms with Crippen molar-refractivity contribution < 1.29 is 22.7 Å². The SMILES string of the molecule is C=CCN(CC=C)S(=O)(=O)c1ccc2nc(NC(=O)c3ccc(OCC)c(OCC)c3)sc2c1. The molecule has 0 saturated carbocycles.